The molecule has 1 N–H and O–H groups in total. The van der Waals surface area contributed by atoms with Gasteiger partial charge in [0, 0.05) is 10.4 Å². The van der Waals surface area contributed by atoms with Gasteiger partial charge in [-0.05, 0) is 31.5 Å². The fraction of sp³-hybridized carbons (Fsp3) is 0.214. The van der Waals surface area contributed by atoms with E-state index in [2.05, 4.69) is 14.4 Å². The van der Waals surface area contributed by atoms with Gasteiger partial charge in [0.25, 0.3) is 15.8 Å². The van der Waals surface area contributed by atoms with E-state index in [0.29, 0.717) is 10.6 Å². The molecule has 2 rings (SSSR count). The van der Waals surface area contributed by atoms with Gasteiger partial charge in [0.2, 0.25) is 0 Å². The third kappa shape index (κ3) is 3.92. The second-order valence-corrected chi connectivity index (χ2v) is 7.47. The molecule has 0 aliphatic heterocycles. The van der Waals surface area contributed by atoms with E-state index in [-0.39, 0.29) is 22.3 Å². The first-order valence-electron chi connectivity index (χ1n) is 6.71. The molecule has 7 nitrogen and oxygen atoms in total. The number of sulfonamides is 1. The third-order valence-corrected chi connectivity index (χ3v) is 5.71. The Kier molecular flexibility index (Phi) is 5.58. The number of hydrogen-bond acceptors (Lipinski definition) is 7. The van der Waals surface area contributed by atoms with Gasteiger partial charge in [-0.25, -0.2) is 18.2 Å². The zero-order chi connectivity index (χ0) is 17.9. The third-order valence-electron chi connectivity index (χ3n) is 2.93. The molecule has 0 saturated heterocycles. The van der Waals surface area contributed by atoms with Gasteiger partial charge < -0.3 is 4.74 Å². The highest BCUT2D eigenvalue weighted by Crippen LogP contribution is 2.26. The highest BCUT2D eigenvalue weighted by molar-refractivity contribution is 7.93. The van der Waals surface area contributed by atoms with Crippen LogP contribution in [0.2, 0.25) is 5.02 Å². The molecule has 1 heterocycles. The van der Waals surface area contributed by atoms with Crippen LogP contribution in [0, 0.1) is 6.92 Å². The van der Waals surface area contributed by atoms with Crippen molar-refractivity contribution in [2.24, 2.45) is 0 Å². The number of ether oxygens (including phenoxy) is 1. The van der Waals surface area contributed by atoms with Crippen molar-refractivity contribution in [3.05, 3.63) is 39.9 Å². The molecule has 24 heavy (non-hydrogen) atoms. The van der Waals surface area contributed by atoms with Crippen molar-refractivity contribution in [3.8, 4) is 0 Å². The van der Waals surface area contributed by atoms with E-state index in [1.54, 1.807) is 19.9 Å². The van der Waals surface area contributed by atoms with Crippen LogP contribution in [0.4, 0.5) is 5.13 Å². The lowest BCUT2D eigenvalue weighted by atomic mass is 10.2. The SMILES string of the molecule is CCOC(=O)C(=O)c1csc(NS(=O)(=O)c2cccc(Cl)c2C)n1. The summed E-state index contributed by atoms with van der Waals surface area (Å²) in [5, 5.41) is 1.55. The van der Waals surface area contributed by atoms with E-state index < -0.39 is 21.8 Å². The van der Waals surface area contributed by atoms with Gasteiger partial charge in [0.15, 0.2) is 5.13 Å². The minimum atomic E-state index is -3.92. The molecular formula is C14H13ClN2O5S2. The number of carbonyl (C=O) groups is 2. The Balaban J connectivity index is 2.24. The predicted octanol–water partition coefficient (Wildman–Crippen LogP) is 2.65. The monoisotopic (exact) mass is 388 g/mol. The van der Waals surface area contributed by atoms with Crippen molar-refractivity contribution in [2.45, 2.75) is 18.7 Å². The Labute approximate surface area is 147 Å². The zero-order valence-electron chi connectivity index (χ0n) is 12.7. The number of esters is 1. The number of ketones is 1. The van der Waals surface area contributed by atoms with E-state index in [1.165, 1.54) is 17.5 Å². The van der Waals surface area contributed by atoms with Crippen LogP contribution in [0.25, 0.3) is 0 Å². The molecule has 0 unspecified atom stereocenters. The van der Waals surface area contributed by atoms with E-state index in [1.807, 2.05) is 0 Å². The molecule has 0 aliphatic carbocycles. The van der Waals surface area contributed by atoms with Gasteiger partial charge in [-0.15, -0.1) is 11.3 Å². The predicted molar refractivity (Wildman–Crippen MR) is 90.1 cm³/mol. The molecule has 0 bridgehead atoms. The average molecular weight is 389 g/mol. The van der Waals surface area contributed by atoms with Crippen LogP contribution in [-0.2, 0) is 19.6 Å². The molecule has 1 aromatic heterocycles. The van der Waals surface area contributed by atoms with Crippen LogP contribution in [0.5, 0.6) is 0 Å². The van der Waals surface area contributed by atoms with Crippen LogP contribution >= 0.6 is 22.9 Å². The number of benzene rings is 1. The maximum absolute atomic E-state index is 12.4. The molecule has 1 aromatic carbocycles. The van der Waals surface area contributed by atoms with Crippen LogP contribution < -0.4 is 4.72 Å². The maximum Gasteiger partial charge on any atom is 0.381 e. The number of rotatable bonds is 6. The summed E-state index contributed by atoms with van der Waals surface area (Å²) in [4.78, 5) is 27.0. The number of carbonyl (C=O) groups excluding carboxylic acids is 2. The molecule has 0 aliphatic rings. The van der Waals surface area contributed by atoms with E-state index in [4.69, 9.17) is 11.6 Å². The number of thiazole rings is 1. The Morgan fingerprint density at radius 1 is 1.38 bits per heavy atom. The van der Waals surface area contributed by atoms with Gasteiger partial charge >= 0.3 is 5.97 Å². The smallest absolute Gasteiger partial charge is 0.381 e. The maximum atomic E-state index is 12.4. The van der Waals surface area contributed by atoms with Gasteiger partial charge in [-0.3, -0.25) is 9.52 Å². The van der Waals surface area contributed by atoms with Crippen molar-refractivity contribution in [1.29, 1.82) is 0 Å². The summed E-state index contributed by atoms with van der Waals surface area (Å²) in [6, 6.07) is 4.50. The molecule has 0 spiro atoms. The largest absolute Gasteiger partial charge is 0.460 e. The van der Waals surface area contributed by atoms with Crippen molar-refractivity contribution in [3.63, 3.8) is 0 Å². The Morgan fingerprint density at radius 3 is 2.75 bits per heavy atom. The fourth-order valence-electron chi connectivity index (χ4n) is 1.77. The van der Waals surface area contributed by atoms with Crippen molar-refractivity contribution < 1.29 is 22.7 Å². The molecule has 128 valence electrons. The minimum absolute atomic E-state index is 0.00321. The Bertz CT molecular complexity index is 892. The lowest BCUT2D eigenvalue weighted by Gasteiger charge is -2.09. The van der Waals surface area contributed by atoms with E-state index >= 15 is 0 Å². The normalized spacial score (nSPS) is 11.1. The summed E-state index contributed by atoms with van der Waals surface area (Å²) in [5.74, 6) is -1.97. The zero-order valence-corrected chi connectivity index (χ0v) is 15.1. The molecule has 10 heteroatoms. The molecule has 0 fully saturated rings. The number of Topliss-reactive ketones (excluding diaryl/α,β-unsaturated/α-hetero) is 1. The van der Waals surface area contributed by atoms with Gasteiger partial charge in [-0.1, -0.05) is 17.7 Å². The minimum Gasteiger partial charge on any atom is -0.460 e. The second kappa shape index (κ2) is 7.29. The molecular weight excluding hydrogens is 376 g/mol. The number of hydrogen-bond donors (Lipinski definition) is 1. The summed E-state index contributed by atoms with van der Waals surface area (Å²) in [5.41, 5.74) is 0.213. The first-order chi connectivity index (χ1) is 11.3. The summed E-state index contributed by atoms with van der Waals surface area (Å²) < 4.78 is 31.7. The summed E-state index contributed by atoms with van der Waals surface area (Å²) in [6.07, 6.45) is 0. The molecule has 2 aromatic rings. The fourth-order valence-corrected chi connectivity index (χ4v) is 4.22. The standard InChI is InChI=1S/C14H13ClN2O5S2/c1-3-22-13(19)12(18)10-7-23-14(16-10)17-24(20,21)11-6-4-5-9(15)8(11)2/h4-7H,3H2,1-2H3,(H,16,17). The summed E-state index contributed by atoms with van der Waals surface area (Å²) >= 11 is 6.81. The molecule has 0 saturated carbocycles. The average Bonchev–Trinajstić information content (AvgIpc) is 2.97. The van der Waals surface area contributed by atoms with Crippen molar-refractivity contribution in [2.75, 3.05) is 11.3 Å². The van der Waals surface area contributed by atoms with E-state index in [9.17, 15) is 18.0 Å². The lowest BCUT2D eigenvalue weighted by Crippen LogP contribution is -2.18. The molecule has 0 amide bonds. The van der Waals surface area contributed by atoms with Crippen LogP contribution in [0.15, 0.2) is 28.5 Å². The van der Waals surface area contributed by atoms with Crippen molar-refractivity contribution in [1.82, 2.24) is 4.98 Å². The van der Waals surface area contributed by atoms with Gasteiger partial charge in [0.05, 0.1) is 11.5 Å². The van der Waals surface area contributed by atoms with Gasteiger partial charge in [0.1, 0.15) is 5.69 Å². The number of nitrogens with zero attached hydrogens (tertiary/aromatic N) is 1. The first kappa shape index (κ1) is 18.4. The molecule has 0 atom stereocenters. The molecule has 0 radical (unpaired) electrons. The van der Waals surface area contributed by atoms with Crippen LogP contribution in [0.3, 0.4) is 0 Å². The summed E-state index contributed by atoms with van der Waals surface area (Å²) in [6.45, 7) is 3.20. The Hall–Kier alpha value is -1.97. The topological polar surface area (TPSA) is 102 Å². The van der Waals surface area contributed by atoms with Crippen LogP contribution in [0.1, 0.15) is 23.0 Å². The number of aromatic nitrogens is 1. The number of nitrogens with one attached hydrogen (secondary N) is 1. The highest BCUT2D eigenvalue weighted by atomic mass is 35.5. The van der Waals surface area contributed by atoms with Crippen LogP contribution in [-0.4, -0.2) is 31.8 Å². The first-order valence-corrected chi connectivity index (χ1v) is 9.45. The lowest BCUT2D eigenvalue weighted by molar-refractivity contribution is -0.137. The van der Waals surface area contributed by atoms with Crippen molar-refractivity contribution >= 4 is 49.8 Å². The summed E-state index contributed by atoms with van der Waals surface area (Å²) in [7, 11) is -3.92. The quantitative estimate of drug-likeness (QED) is 0.463. The van der Waals surface area contributed by atoms with Gasteiger partial charge in [-0.2, -0.15) is 0 Å². The van der Waals surface area contributed by atoms with E-state index in [0.717, 1.165) is 11.3 Å². The number of anilines is 1. The highest BCUT2D eigenvalue weighted by Gasteiger charge is 2.23. The number of halogens is 1. The Morgan fingerprint density at radius 2 is 2.08 bits per heavy atom. The second-order valence-electron chi connectivity index (χ2n) is 4.56.